The number of pyridine rings is 1. The number of hydrogen-bond donors (Lipinski definition) is 2. The van der Waals surface area contributed by atoms with E-state index in [1.807, 2.05) is 19.1 Å². The fraction of sp³-hybridized carbons (Fsp3) is 0.222. The number of benzene rings is 1. The fourth-order valence-electron chi connectivity index (χ4n) is 2.91. The summed E-state index contributed by atoms with van der Waals surface area (Å²) in [6.45, 7) is 1.83. The zero-order chi connectivity index (χ0) is 17.3. The smallest absolute Gasteiger partial charge is 0.328 e. The quantitative estimate of drug-likeness (QED) is 0.666. The molecule has 2 aromatic rings. The number of aryl methyl sites for hydroxylation is 1. The number of imide groups is 1. The molecular weight excluding hydrogens is 308 g/mol. The van der Waals surface area contributed by atoms with Gasteiger partial charge in [-0.05, 0) is 42.7 Å². The first kappa shape index (κ1) is 15.9. The second kappa shape index (κ2) is 6.23. The number of aromatic nitrogens is 1. The van der Waals surface area contributed by atoms with E-state index < -0.39 is 5.97 Å². The highest BCUT2D eigenvalue weighted by Crippen LogP contribution is 2.29. The first-order valence-corrected chi connectivity index (χ1v) is 7.60. The van der Waals surface area contributed by atoms with E-state index in [0.717, 1.165) is 33.8 Å². The van der Waals surface area contributed by atoms with Crippen molar-refractivity contribution in [3.05, 3.63) is 47.2 Å². The van der Waals surface area contributed by atoms with Gasteiger partial charge in [-0.15, -0.1) is 0 Å². The lowest BCUT2D eigenvalue weighted by atomic mass is 9.89. The zero-order valence-electron chi connectivity index (χ0n) is 13.1. The summed E-state index contributed by atoms with van der Waals surface area (Å²) in [5.41, 5.74) is 3.03. The lowest BCUT2D eigenvalue weighted by Crippen LogP contribution is -2.39. The van der Waals surface area contributed by atoms with Crippen LogP contribution in [0.5, 0.6) is 0 Å². The topological polar surface area (TPSA) is 96.4 Å². The monoisotopic (exact) mass is 324 g/mol. The first-order chi connectivity index (χ1) is 11.4. The summed E-state index contributed by atoms with van der Waals surface area (Å²) < 4.78 is 0. The fourth-order valence-corrected chi connectivity index (χ4v) is 2.91. The maximum absolute atomic E-state index is 12.1. The molecule has 0 aliphatic carbocycles. The molecule has 1 aromatic heterocycles. The van der Waals surface area contributed by atoms with Crippen LogP contribution in [0.25, 0.3) is 17.0 Å². The molecule has 3 rings (SSSR count). The van der Waals surface area contributed by atoms with Gasteiger partial charge in [-0.25, -0.2) is 4.79 Å². The van der Waals surface area contributed by atoms with Gasteiger partial charge in [0, 0.05) is 23.6 Å². The molecule has 2 amide bonds. The Labute approximate surface area is 138 Å². The Kier molecular flexibility index (Phi) is 4.12. The van der Waals surface area contributed by atoms with E-state index >= 15 is 0 Å². The number of fused-ring (bicyclic) bond motifs is 1. The number of piperidine rings is 1. The molecule has 0 radical (unpaired) electrons. The maximum Gasteiger partial charge on any atom is 0.328 e. The molecule has 0 saturated carbocycles. The van der Waals surface area contributed by atoms with Gasteiger partial charge in [0.1, 0.15) is 0 Å². The number of amides is 2. The van der Waals surface area contributed by atoms with Gasteiger partial charge in [0.05, 0.1) is 11.4 Å². The van der Waals surface area contributed by atoms with Crippen LogP contribution in [0.1, 0.15) is 35.6 Å². The zero-order valence-corrected chi connectivity index (χ0v) is 13.1. The molecule has 1 saturated heterocycles. The van der Waals surface area contributed by atoms with Gasteiger partial charge in [0.25, 0.3) is 0 Å². The minimum Gasteiger partial charge on any atom is -0.478 e. The number of hydrogen-bond acceptors (Lipinski definition) is 4. The number of rotatable bonds is 3. The van der Waals surface area contributed by atoms with E-state index in [4.69, 9.17) is 5.11 Å². The van der Waals surface area contributed by atoms with E-state index in [0.29, 0.717) is 12.8 Å². The molecule has 0 spiro atoms. The minimum atomic E-state index is -1.01. The lowest BCUT2D eigenvalue weighted by Gasteiger charge is -2.22. The van der Waals surface area contributed by atoms with E-state index in [-0.39, 0.29) is 17.7 Å². The summed E-state index contributed by atoms with van der Waals surface area (Å²) >= 11 is 0. The average Bonchev–Trinajstić information content (AvgIpc) is 2.52. The van der Waals surface area contributed by atoms with Crippen molar-refractivity contribution in [2.75, 3.05) is 0 Å². The van der Waals surface area contributed by atoms with Crippen molar-refractivity contribution < 1.29 is 19.5 Å². The molecule has 1 aliphatic rings. The van der Waals surface area contributed by atoms with Crippen LogP contribution in [0.2, 0.25) is 0 Å². The van der Waals surface area contributed by atoms with Crippen LogP contribution in [0, 0.1) is 6.92 Å². The number of nitrogens with zero attached hydrogens (tertiary/aromatic N) is 1. The summed E-state index contributed by atoms with van der Waals surface area (Å²) in [7, 11) is 0. The van der Waals surface area contributed by atoms with Crippen molar-refractivity contribution in [2.45, 2.75) is 25.7 Å². The molecule has 1 unspecified atom stereocenters. The van der Waals surface area contributed by atoms with Gasteiger partial charge in [-0.2, -0.15) is 0 Å². The van der Waals surface area contributed by atoms with Crippen molar-refractivity contribution in [2.24, 2.45) is 0 Å². The van der Waals surface area contributed by atoms with Gasteiger partial charge < -0.3 is 5.11 Å². The molecular formula is C18H16N2O4. The molecule has 6 heteroatoms. The van der Waals surface area contributed by atoms with E-state index in [2.05, 4.69) is 10.3 Å². The number of carbonyl (C=O) groups is 3. The van der Waals surface area contributed by atoms with Crippen molar-refractivity contribution in [1.29, 1.82) is 0 Å². The largest absolute Gasteiger partial charge is 0.478 e. The van der Waals surface area contributed by atoms with Crippen LogP contribution in [0.3, 0.4) is 0 Å². The highest BCUT2D eigenvalue weighted by molar-refractivity contribution is 6.01. The molecule has 1 atom stereocenters. The SMILES string of the molecule is Cc1nc2cc(/C=C/C(=O)O)ccc2cc1C1CCC(=O)NC1=O. The number of nitrogens with one attached hydrogen (secondary N) is 1. The Bertz CT molecular complexity index is 886. The van der Waals surface area contributed by atoms with Crippen LogP contribution >= 0.6 is 0 Å². The molecule has 0 bridgehead atoms. The van der Waals surface area contributed by atoms with Crippen molar-refractivity contribution >= 4 is 34.8 Å². The van der Waals surface area contributed by atoms with Crippen molar-refractivity contribution in [3.8, 4) is 0 Å². The van der Waals surface area contributed by atoms with Gasteiger partial charge >= 0.3 is 5.97 Å². The van der Waals surface area contributed by atoms with E-state index in [1.165, 1.54) is 6.08 Å². The van der Waals surface area contributed by atoms with Crippen molar-refractivity contribution in [3.63, 3.8) is 0 Å². The van der Waals surface area contributed by atoms with Gasteiger partial charge in [0.2, 0.25) is 11.8 Å². The van der Waals surface area contributed by atoms with Crippen LogP contribution < -0.4 is 5.32 Å². The molecule has 2 heterocycles. The summed E-state index contributed by atoms with van der Waals surface area (Å²) in [6, 6.07) is 7.37. The third kappa shape index (κ3) is 3.17. The highest BCUT2D eigenvalue weighted by Gasteiger charge is 2.29. The Balaban J connectivity index is 1.98. The molecule has 6 nitrogen and oxygen atoms in total. The van der Waals surface area contributed by atoms with Crippen LogP contribution in [0.15, 0.2) is 30.3 Å². The highest BCUT2D eigenvalue weighted by atomic mass is 16.4. The molecule has 1 aliphatic heterocycles. The third-order valence-electron chi connectivity index (χ3n) is 4.10. The standard InChI is InChI=1S/C18H16N2O4/c1-10-14(13-5-6-16(21)20-18(13)24)9-12-4-2-11(3-7-17(22)23)8-15(12)19-10/h2-4,7-9,13H,5-6H2,1H3,(H,22,23)(H,20,21,24)/b7-3+. The summed E-state index contributed by atoms with van der Waals surface area (Å²) in [5, 5.41) is 11.9. The number of carbonyl (C=O) groups excluding carboxylic acids is 2. The van der Waals surface area contributed by atoms with Gasteiger partial charge in [0.15, 0.2) is 0 Å². The Morgan fingerprint density at radius 2 is 2.12 bits per heavy atom. The lowest BCUT2D eigenvalue weighted by molar-refractivity contribution is -0.134. The second-order valence-corrected chi connectivity index (χ2v) is 5.79. The summed E-state index contributed by atoms with van der Waals surface area (Å²) in [5.74, 6) is -1.90. The predicted molar refractivity (Wildman–Crippen MR) is 88.3 cm³/mol. The summed E-state index contributed by atoms with van der Waals surface area (Å²) in [6.07, 6.45) is 3.39. The minimum absolute atomic E-state index is 0.238. The van der Waals surface area contributed by atoms with E-state index in [9.17, 15) is 14.4 Å². The predicted octanol–water partition coefficient (Wildman–Crippen LogP) is 2.16. The van der Waals surface area contributed by atoms with Crippen LogP contribution in [-0.2, 0) is 14.4 Å². The maximum atomic E-state index is 12.1. The molecule has 122 valence electrons. The summed E-state index contributed by atoms with van der Waals surface area (Å²) in [4.78, 5) is 38.5. The Hall–Kier alpha value is -3.02. The number of aliphatic carboxylic acids is 1. The van der Waals surface area contributed by atoms with Crippen LogP contribution in [-0.4, -0.2) is 27.9 Å². The first-order valence-electron chi connectivity index (χ1n) is 7.60. The molecule has 1 aromatic carbocycles. The molecule has 24 heavy (non-hydrogen) atoms. The number of carboxylic acids is 1. The average molecular weight is 324 g/mol. The third-order valence-corrected chi connectivity index (χ3v) is 4.10. The second-order valence-electron chi connectivity index (χ2n) is 5.79. The Morgan fingerprint density at radius 1 is 1.33 bits per heavy atom. The van der Waals surface area contributed by atoms with Gasteiger partial charge in [-0.1, -0.05) is 12.1 Å². The van der Waals surface area contributed by atoms with Crippen molar-refractivity contribution in [1.82, 2.24) is 10.3 Å². The number of carboxylic acid groups (broad SMARTS) is 1. The molecule has 2 N–H and O–H groups in total. The molecule has 1 fully saturated rings. The Morgan fingerprint density at radius 3 is 2.83 bits per heavy atom. The normalized spacial score (nSPS) is 18.1. The van der Waals surface area contributed by atoms with Gasteiger partial charge in [-0.3, -0.25) is 19.9 Å². The van der Waals surface area contributed by atoms with Crippen LogP contribution in [0.4, 0.5) is 0 Å². The van der Waals surface area contributed by atoms with E-state index in [1.54, 1.807) is 12.1 Å².